The number of aromatic amines is 1. The third kappa shape index (κ3) is 4.06. The molecule has 3 aromatic rings. The predicted octanol–water partition coefficient (Wildman–Crippen LogP) is 1.31. The normalized spacial score (nSPS) is 11.6. The molecule has 0 radical (unpaired) electrons. The number of anilines is 1. The Labute approximate surface area is 167 Å². The average Bonchev–Trinajstić information content (AvgIpc) is 3.06. The summed E-state index contributed by atoms with van der Waals surface area (Å²) in [5.74, 6) is -0.586. The quantitative estimate of drug-likeness (QED) is 0.652. The van der Waals surface area contributed by atoms with Gasteiger partial charge in [-0.15, -0.1) is 0 Å². The summed E-state index contributed by atoms with van der Waals surface area (Å²) in [6.45, 7) is 1.30. The smallest absolute Gasteiger partial charge is 0.252 e. The molecule has 0 fully saturated rings. The number of nitrogens with zero attached hydrogens (tertiary/aromatic N) is 3. The summed E-state index contributed by atoms with van der Waals surface area (Å²) in [4.78, 5) is 26.7. The number of pyridine rings is 1. The van der Waals surface area contributed by atoms with Crippen LogP contribution in [0.4, 0.5) is 5.69 Å². The first-order valence-corrected chi connectivity index (χ1v) is 10.0. The number of nitriles is 1. The lowest BCUT2D eigenvalue weighted by Crippen LogP contribution is -2.35. The van der Waals surface area contributed by atoms with Gasteiger partial charge in [-0.25, -0.2) is 8.42 Å². The molecule has 0 aliphatic carbocycles. The number of fused-ring (bicyclic) bond motifs is 1. The van der Waals surface area contributed by atoms with Crippen molar-refractivity contribution < 1.29 is 13.2 Å². The fourth-order valence-corrected chi connectivity index (χ4v) is 4.28. The number of sulfonamides is 1. The number of aromatic nitrogens is 2. The average molecular weight is 413 g/mol. The Hall–Kier alpha value is -3.42. The minimum atomic E-state index is -4.02. The van der Waals surface area contributed by atoms with E-state index in [9.17, 15) is 18.0 Å². The number of H-pyrrole nitrogens is 1. The Morgan fingerprint density at radius 1 is 1.31 bits per heavy atom. The van der Waals surface area contributed by atoms with Crippen LogP contribution in [0.5, 0.6) is 0 Å². The molecule has 0 atom stereocenters. The molecule has 29 heavy (non-hydrogen) atoms. The monoisotopic (exact) mass is 413 g/mol. The molecule has 2 aromatic heterocycles. The number of aryl methyl sites for hydroxylation is 2. The van der Waals surface area contributed by atoms with E-state index in [0.29, 0.717) is 16.5 Å². The van der Waals surface area contributed by atoms with E-state index in [2.05, 4.69) is 10.3 Å². The van der Waals surface area contributed by atoms with Crippen molar-refractivity contribution in [3.8, 4) is 6.07 Å². The number of amides is 1. The predicted molar refractivity (Wildman–Crippen MR) is 108 cm³/mol. The molecule has 2 N–H and O–H groups in total. The van der Waals surface area contributed by atoms with Gasteiger partial charge < -0.3 is 14.9 Å². The largest absolute Gasteiger partial charge is 0.345 e. The number of carbonyl (C=O) groups is 1. The summed E-state index contributed by atoms with van der Waals surface area (Å²) in [5.41, 5.74) is 1.24. The van der Waals surface area contributed by atoms with Crippen LogP contribution in [0, 0.1) is 18.3 Å². The Kier molecular flexibility index (Phi) is 5.28. The highest BCUT2D eigenvalue weighted by atomic mass is 32.2. The van der Waals surface area contributed by atoms with Crippen molar-refractivity contribution in [2.75, 3.05) is 18.9 Å². The molecule has 0 saturated carbocycles. The molecular weight excluding hydrogens is 394 g/mol. The third-order valence-corrected chi connectivity index (χ3v) is 6.23. The van der Waals surface area contributed by atoms with Crippen LogP contribution in [0.1, 0.15) is 11.3 Å². The Morgan fingerprint density at radius 3 is 2.69 bits per heavy atom. The number of rotatable bonds is 5. The molecule has 10 heteroatoms. The topological polar surface area (TPSA) is 128 Å². The summed E-state index contributed by atoms with van der Waals surface area (Å²) < 4.78 is 28.4. The zero-order valence-corrected chi connectivity index (χ0v) is 16.9. The second-order valence-electron chi connectivity index (χ2n) is 6.70. The van der Waals surface area contributed by atoms with Crippen LogP contribution < -0.4 is 10.9 Å². The molecule has 3 rings (SSSR count). The first kappa shape index (κ1) is 20.3. The van der Waals surface area contributed by atoms with Gasteiger partial charge in [0.15, 0.2) is 0 Å². The van der Waals surface area contributed by atoms with E-state index in [0.717, 1.165) is 4.31 Å². The molecule has 2 heterocycles. The van der Waals surface area contributed by atoms with Crippen molar-refractivity contribution >= 4 is 32.5 Å². The van der Waals surface area contributed by atoms with E-state index in [1.165, 1.54) is 29.9 Å². The zero-order valence-electron chi connectivity index (χ0n) is 16.1. The van der Waals surface area contributed by atoms with Crippen LogP contribution >= 0.6 is 0 Å². The number of likely N-dealkylation sites (N-methyl/N-ethyl adjacent to an activating group) is 1. The molecule has 9 nitrogen and oxygen atoms in total. The molecule has 0 unspecified atom stereocenters. The molecule has 0 aliphatic rings. The maximum atomic E-state index is 13.1. The van der Waals surface area contributed by atoms with Crippen molar-refractivity contribution in [1.29, 1.82) is 5.26 Å². The second-order valence-corrected chi connectivity index (χ2v) is 8.71. The first-order valence-electron chi connectivity index (χ1n) is 8.58. The van der Waals surface area contributed by atoms with Gasteiger partial charge in [-0.05, 0) is 36.8 Å². The fourth-order valence-electron chi connectivity index (χ4n) is 2.90. The van der Waals surface area contributed by atoms with E-state index >= 15 is 0 Å². The highest BCUT2D eigenvalue weighted by Gasteiger charge is 2.26. The lowest BCUT2D eigenvalue weighted by Gasteiger charge is -2.18. The summed E-state index contributed by atoms with van der Waals surface area (Å²) in [6.07, 6.45) is 1.50. The van der Waals surface area contributed by atoms with Crippen LogP contribution in [-0.2, 0) is 21.9 Å². The molecule has 0 aliphatic heterocycles. The van der Waals surface area contributed by atoms with Gasteiger partial charge >= 0.3 is 0 Å². The molecule has 1 aromatic carbocycles. The minimum Gasteiger partial charge on any atom is -0.345 e. The maximum absolute atomic E-state index is 13.1. The van der Waals surface area contributed by atoms with Crippen LogP contribution in [-0.4, -0.2) is 41.8 Å². The van der Waals surface area contributed by atoms with Gasteiger partial charge in [0.1, 0.15) is 16.7 Å². The van der Waals surface area contributed by atoms with Crippen molar-refractivity contribution in [2.24, 2.45) is 7.05 Å². The molecule has 1 amide bonds. The summed E-state index contributed by atoms with van der Waals surface area (Å²) in [5, 5.41) is 12.2. The van der Waals surface area contributed by atoms with Gasteiger partial charge in [-0.1, -0.05) is 0 Å². The number of benzene rings is 1. The van der Waals surface area contributed by atoms with E-state index < -0.39 is 22.5 Å². The molecule has 150 valence electrons. The van der Waals surface area contributed by atoms with E-state index in [4.69, 9.17) is 5.26 Å². The van der Waals surface area contributed by atoms with Crippen LogP contribution in [0.2, 0.25) is 0 Å². The summed E-state index contributed by atoms with van der Waals surface area (Å²) >= 11 is 0. The van der Waals surface area contributed by atoms with Crippen molar-refractivity contribution in [2.45, 2.75) is 11.8 Å². The highest BCUT2D eigenvalue weighted by molar-refractivity contribution is 7.89. The van der Waals surface area contributed by atoms with Crippen LogP contribution in [0.3, 0.4) is 0 Å². The van der Waals surface area contributed by atoms with Gasteiger partial charge in [0.25, 0.3) is 5.56 Å². The number of carbonyl (C=O) groups excluding carboxylic acids is 1. The van der Waals surface area contributed by atoms with Gasteiger partial charge in [-0.3, -0.25) is 9.59 Å². The lowest BCUT2D eigenvalue weighted by molar-refractivity contribution is -0.116. The third-order valence-electron chi connectivity index (χ3n) is 4.40. The zero-order chi connectivity index (χ0) is 21.3. The van der Waals surface area contributed by atoms with Gasteiger partial charge in [0, 0.05) is 37.4 Å². The van der Waals surface area contributed by atoms with Gasteiger partial charge in [-0.2, -0.15) is 9.57 Å². The molecule has 0 bridgehead atoms. The Bertz CT molecular complexity index is 1310. The Morgan fingerprint density at radius 2 is 2.03 bits per heavy atom. The molecular formula is C19H19N5O4S. The first-order chi connectivity index (χ1) is 13.6. The van der Waals surface area contributed by atoms with E-state index in [1.807, 2.05) is 6.07 Å². The highest BCUT2D eigenvalue weighted by Crippen LogP contribution is 2.27. The maximum Gasteiger partial charge on any atom is 0.252 e. The van der Waals surface area contributed by atoms with Gasteiger partial charge in [0.05, 0.1) is 12.1 Å². The fraction of sp³-hybridized carbons (Fsp3) is 0.211. The summed E-state index contributed by atoms with van der Waals surface area (Å²) in [7, 11) is -1.15. The SMILES string of the molecule is Cc1cc(S(=O)(=O)N(C)CC(=O)Nc2ccn(C)c(=O)c2)c2[nH]c(C#N)cc2c1. The van der Waals surface area contributed by atoms with E-state index in [-0.39, 0.29) is 21.8 Å². The number of hydrogen-bond acceptors (Lipinski definition) is 5. The van der Waals surface area contributed by atoms with Crippen molar-refractivity contribution in [3.63, 3.8) is 0 Å². The van der Waals surface area contributed by atoms with Gasteiger partial charge in [0.2, 0.25) is 15.9 Å². The lowest BCUT2D eigenvalue weighted by atomic mass is 10.2. The molecule has 0 spiro atoms. The number of nitrogens with one attached hydrogen (secondary N) is 2. The van der Waals surface area contributed by atoms with Crippen LogP contribution in [0.25, 0.3) is 10.9 Å². The standard InChI is InChI=1S/C19H19N5O4S/c1-12-6-13-8-15(10-20)22-19(13)16(7-12)29(27,28)24(3)11-17(25)21-14-4-5-23(2)18(26)9-14/h4-9,22H,11H2,1-3H3,(H,21,25). The van der Waals surface area contributed by atoms with Crippen LogP contribution in [0.15, 0.2) is 46.2 Å². The van der Waals surface area contributed by atoms with E-state index in [1.54, 1.807) is 32.2 Å². The number of hydrogen-bond donors (Lipinski definition) is 2. The molecule has 0 saturated heterocycles. The van der Waals surface area contributed by atoms with Crippen molar-refractivity contribution in [3.05, 3.63) is 58.1 Å². The minimum absolute atomic E-state index is 0.0159. The second kappa shape index (κ2) is 7.54. The van der Waals surface area contributed by atoms with Crippen molar-refractivity contribution in [1.82, 2.24) is 13.9 Å². The Balaban J connectivity index is 1.87. The summed E-state index contributed by atoms with van der Waals surface area (Å²) in [6, 6.07) is 9.58.